The van der Waals surface area contributed by atoms with Crippen LogP contribution >= 0.6 is 0 Å². The fourth-order valence-corrected chi connectivity index (χ4v) is 2.99. The highest BCUT2D eigenvalue weighted by Crippen LogP contribution is 2.25. The van der Waals surface area contributed by atoms with Gasteiger partial charge in [0.05, 0.1) is 10.9 Å². The zero-order chi connectivity index (χ0) is 19.8. The Morgan fingerprint density at radius 1 is 0.815 bits per heavy atom. The second-order valence-electron chi connectivity index (χ2n) is 5.18. The van der Waals surface area contributed by atoms with Gasteiger partial charge in [-0.1, -0.05) is 12.1 Å². The predicted molar refractivity (Wildman–Crippen MR) is 92.3 cm³/mol. The molecule has 0 aliphatic heterocycles. The maximum atomic E-state index is 12.6. The monoisotopic (exact) mass is 414 g/mol. The van der Waals surface area contributed by atoms with Crippen LogP contribution in [0.25, 0.3) is 22.1 Å². The van der Waals surface area contributed by atoms with Gasteiger partial charge in [0, 0.05) is 6.07 Å². The molecule has 3 rings (SSSR count). The molecule has 0 fully saturated rings. The summed E-state index contributed by atoms with van der Waals surface area (Å²) in [5.74, 6) is -0.397. The average Bonchev–Trinajstić information content (AvgIpc) is 2.53. The smallest absolute Gasteiger partial charge is 0.446 e. The third kappa shape index (κ3) is 4.62. The standard InChI is InChI=1S/C15H10O10S2/c16-15-12-6-5-11(25-27(20,21)22)7-14(12)23-8-13(15)9-1-3-10(4-2-9)24-26(17,18)19/h1-8H,(H,17,18,19)(H,20,21,22). The van der Waals surface area contributed by atoms with E-state index in [9.17, 15) is 21.6 Å². The summed E-state index contributed by atoms with van der Waals surface area (Å²) in [6.45, 7) is 0. The van der Waals surface area contributed by atoms with Crippen molar-refractivity contribution in [3.63, 3.8) is 0 Å². The SMILES string of the molecule is O=c1c(-c2ccc(OS(=O)(=O)O)cc2)coc2cc(OS(=O)(=O)O)ccc12. The first-order chi connectivity index (χ1) is 12.5. The Bertz CT molecular complexity index is 1270. The first-order valence-electron chi connectivity index (χ1n) is 7.02. The lowest BCUT2D eigenvalue weighted by atomic mass is 10.1. The van der Waals surface area contributed by atoms with E-state index in [2.05, 4.69) is 8.37 Å². The quantitative estimate of drug-likeness (QED) is 0.590. The van der Waals surface area contributed by atoms with Crippen LogP contribution in [0, 0.1) is 0 Å². The third-order valence-electron chi connectivity index (χ3n) is 3.31. The molecule has 2 aromatic carbocycles. The molecule has 3 aromatic rings. The Kier molecular flexibility index (Phi) is 4.65. The zero-order valence-corrected chi connectivity index (χ0v) is 14.7. The van der Waals surface area contributed by atoms with Crippen molar-refractivity contribution < 1.29 is 38.7 Å². The molecule has 142 valence electrons. The summed E-state index contributed by atoms with van der Waals surface area (Å²) in [5, 5.41) is 0.119. The largest absolute Gasteiger partial charge is 0.463 e. The van der Waals surface area contributed by atoms with Crippen molar-refractivity contribution in [3.05, 3.63) is 59.0 Å². The molecule has 0 saturated carbocycles. The molecule has 1 aromatic heterocycles. The molecule has 0 unspecified atom stereocenters. The van der Waals surface area contributed by atoms with E-state index < -0.39 is 26.2 Å². The predicted octanol–water partition coefficient (Wildman–Crippen LogP) is 1.82. The van der Waals surface area contributed by atoms with Gasteiger partial charge in [0.15, 0.2) is 5.43 Å². The molecule has 0 spiro atoms. The van der Waals surface area contributed by atoms with Crippen LogP contribution in [-0.4, -0.2) is 25.9 Å². The molecular formula is C15H10O10S2. The van der Waals surface area contributed by atoms with Gasteiger partial charge in [0.1, 0.15) is 23.3 Å². The van der Waals surface area contributed by atoms with Gasteiger partial charge >= 0.3 is 20.8 Å². The lowest BCUT2D eigenvalue weighted by molar-refractivity contribution is 0.384. The van der Waals surface area contributed by atoms with Gasteiger partial charge in [-0.15, -0.1) is 0 Å². The van der Waals surface area contributed by atoms with E-state index in [1.165, 1.54) is 36.4 Å². The van der Waals surface area contributed by atoms with Crippen LogP contribution in [0.2, 0.25) is 0 Å². The van der Waals surface area contributed by atoms with Crippen molar-refractivity contribution in [3.8, 4) is 22.6 Å². The van der Waals surface area contributed by atoms with Crippen LogP contribution in [0.15, 0.2) is 57.9 Å². The van der Waals surface area contributed by atoms with Crippen molar-refractivity contribution in [2.75, 3.05) is 0 Å². The van der Waals surface area contributed by atoms with E-state index in [4.69, 9.17) is 13.5 Å². The minimum atomic E-state index is -4.72. The van der Waals surface area contributed by atoms with Crippen LogP contribution in [0.1, 0.15) is 0 Å². The third-order valence-corrected chi connectivity index (χ3v) is 4.12. The van der Waals surface area contributed by atoms with Crippen molar-refractivity contribution >= 4 is 31.8 Å². The molecule has 0 radical (unpaired) electrons. The lowest BCUT2D eigenvalue weighted by Gasteiger charge is -2.06. The van der Waals surface area contributed by atoms with Crippen LogP contribution < -0.4 is 13.8 Å². The highest BCUT2D eigenvalue weighted by atomic mass is 32.3. The van der Waals surface area contributed by atoms with Crippen molar-refractivity contribution in [2.45, 2.75) is 0 Å². The van der Waals surface area contributed by atoms with E-state index in [0.717, 1.165) is 12.3 Å². The van der Waals surface area contributed by atoms with Crippen LogP contribution in [0.5, 0.6) is 11.5 Å². The first-order valence-corrected chi connectivity index (χ1v) is 9.75. The second kappa shape index (κ2) is 6.66. The van der Waals surface area contributed by atoms with Crippen LogP contribution in [-0.2, 0) is 20.8 Å². The summed E-state index contributed by atoms with van der Waals surface area (Å²) in [7, 11) is -9.38. The lowest BCUT2D eigenvalue weighted by Crippen LogP contribution is -2.08. The van der Waals surface area contributed by atoms with Gasteiger partial charge < -0.3 is 12.8 Å². The average molecular weight is 414 g/mol. The molecule has 0 bridgehead atoms. The molecular weight excluding hydrogens is 404 g/mol. The molecule has 12 heteroatoms. The number of hydrogen-bond acceptors (Lipinski definition) is 8. The van der Waals surface area contributed by atoms with Gasteiger partial charge in [-0.05, 0) is 29.8 Å². The van der Waals surface area contributed by atoms with Gasteiger partial charge in [0.25, 0.3) is 0 Å². The molecule has 0 aliphatic carbocycles. The van der Waals surface area contributed by atoms with E-state index >= 15 is 0 Å². The summed E-state index contributed by atoms with van der Waals surface area (Å²) in [6, 6.07) is 8.78. The maximum Gasteiger partial charge on any atom is 0.446 e. The molecule has 0 atom stereocenters. The van der Waals surface area contributed by atoms with Gasteiger partial charge in [-0.2, -0.15) is 16.8 Å². The summed E-state index contributed by atoms with van der Waals surface area (Å²) >= 11 is 0. The zero-order valence-electron chi connectivity index (χ0n) is 13.1. The number of rotatable bonds is 5. The van der Waals surface area contributed by atoms with Gasteiger partial charge in [-0.3, -0.25) is 13.9 Å². The first kappa shape index (κ1) is 18.8. The van der Waals surface area contributed by atoms with Crippen molar-refractivity contribution in [1.29, 1.82) is 0 Å². The molecule has 0 saturated heterocycles. The Hall–Kier alpha value is -2.93. The topological polar surface area (TPSA) is 157 Å². The fourth-order valence-electron chi connectivity index (χ4n) is 2.29. The summed E-state index contributed by atoms with van der Waals surface area (Å²) in [4.78, 5) is 12.6. The van der Waals surface area contributed by atoms with E-state index in [-0.39, 0.29) is 28.0 Å². The summed E-state index contributed by atoms with van der Waals surface area (Å²) in [6.07, 6.45) is 1.13. The van der Waals surface area contributed by atoms with Gasteiger partial charge in [-0.25, -0.2) is 0 Å². The number of benzene rings is 2. The number of fused-ring (bicyclic) bond motifs is 1. The fraction of sp³-hybridized carbons (Fsp3) is 0. The van der Waals surface area contributed by atoms with Crippen LogP contribution in [0.3, 0.4) is 0 Å². The van der Waals surface area contributed by atoms with Crippen LogP contribution in [0.4, 0.5) is 0 Å². The molecule has 10 nitrogen and oxygen atoms in total. The van der Waals surface area contributed by atoms with E-state index in [0.29, 0.717) is 5.56 Å². The maximum absolute atomic E-state index is 12.6. The highest BCUT2D eigenvalue weighted by molar-refractivity contribution is 7.81. The van der Waals surface area contributed by atoms with E-state index in [1.54, 1.807) is 0 Å². The van der Waals surface area contributed by atoms with Crippen molar-refractivity contribution in [1.82, 2.24) is 0 Å². The summed E-state index contributed by atoms with van der Waals surface area (Å²) in [5.41, 5.74) is 0.102. The Balaban J connectivity index is 2.00. The molecule has 2 N–H and O–H groups in total. The summed E-state index contributed by atoms with van der Waals surface area (Å²) < 4.78 is 74.0. The highest BCUT2D eigenvalue weighted by Gasteiger charge is 2.13. The molecule has 1 heterocycles. The molecule has 27 heavy (non-hydrogen) atoms. The minimum Gasteiger partial charge on any atom is -0.463 e. The minimum absolute atomic E-state index is 0.0243. The molecule has 0 aliphatic rings. The molecule has 0 amide bonds. The second-order valence-corrected chi connectivity index (χ2v) is 7.23. The van der Waals surface area contributed by atoms with Gasteiger partial charge in [0.2, 0.25) is 0 Å². The Morgan fingerprint density at radius 3 is 1.96 bits per heavy atom. The van der Waals surface area contributed by atoms with E-state index in [1.807, 2.05) is 0 Å². The van der Waals surface area contributed by atoms with Crippen molar-refractivity contribution in [2.24, 2.45) is 0 Å². The Labute approximate surface area is 152 Å². The Morgan fingerprint density at radius 2 is 1.37 bits per heavy atom. The normalized spacial score (nSPS) is 12.1. The number of hydrogen-bond donors (Lipinski definition) is 2.